The van der Waals surface area contributed by atoms with Crippen LogP contribution in [0.5, 0.6) is 0 Å². The molecule has 22 heavy (non-hydrogen) atoms. The van der Waals surface area contributed by atoms with Crippen molar-refractivity contribution in [1.29, 1.82) is 0 Å². The lowest BCUT2D eigenvalue weighted by molar-refractivity contribution is -0.158. The normalized spacial score (nSPS) is 20.4. The Morgan fingerprint density at radius 2 is 2.27 bits per heavy atom. The van der Waals surface area contributed by atoms with E-state index in [9.17, 15) is 9.59 Å². The van der Waals surface area contributed by atoms with Gasteiger partial charge in [-0.3, -0.25) is 19.6 Å². The molecule has 0 aromatic carbocycles. The molecule has 0 radical (unpaired) electrons. The molecular weight excluding hydrogens is 284 g/mol. The molecule has 0 aliphatic carbocycles. The molecule has 2 amide bonds. The second kappa shape index (κ2) is 7.31. The first-order valence-electron chi connectivity index (χ1n) is 7.52. The fourth-order valence-corrected chi connectivity index (χ4v) is 2.92. The maximum absolute atomic E-state index is 12.4. The van der Waals surface area contributed by atoms with Gasteiger partial charge >= 0.3 is 0 Å². The van der Waals surface area contributed by atoms with Crippen LogP contribution < -0.4 is 5.32 Å². The summed E-state index contributed by atoms with van der Waals surface area (Å²) in [7, 11) is 0. The minimum atomic E-state index is -0.775. The second-order valence-corrected chi connectivity index (χ2v) is 5.48. The van der Waals surface area contributed by atoms with Crippen LogP contribution in [-0.4, -0.2) is 57.0 Å². The monoisotopic (exact) mass is 306 g/mol. The Morgan fingerprint density at radius 3 is 2.82 bits per heavy atom. The molecule has 1 aromatic rings. The van der Waals surface area contributed by atoms with Gasteiger partial charge in [0.1, 0.15) is 5.54 Å². The summed E-state index contributed by atoms with van der Waals surface area (Å²) >= 11 is 0. The third-order valence-electron chi connectivity index (χ3n) is 4.11. The van der Waals surface area contributed by atoms with Gasteiger partial charge in [0.15, 0.2) is 0 Å². The molecule has 1 saturated heterocycles. The number of aliphatic hydroxyl groups is 1. The summed E-state index contributed by atoms with van der Waals surface area (Å²) in [4.78, 5) is 34.0. The fraction of sp³-hybridized carbons (Fsp3) is 0.600. The van der Waals surface area contributed by atoms with Gasteiger partial charge < -0.3 is 15.3 Å². The third-order valence-corrected chi connectivity index (χ3v) is 4.11. The standard InChI is InChI=1S/C15H22N4O3/c1-12(21)19-9-5-15(19,14(22)18-8-10-20)4-2-3-13-11-16-6-7-17-13/h6-7,11,20H,2-5,8-10H2,1H3,(H,18,22). The molecule has 7 nitrogen and oxygen atoms in total. The predicted octanol–water partition coefficient (Wildman–Crippen LogP) is -0.101. The topological polar surface area (TPSA) is 95.4 Å². The van der Waals surface area contributed by atoms with Crippen LogP contribution in [0.1, 0.15) is 31.9 Å². The number of hydrogen-bond acceptors (Lipinski definition) is 5. The molecule has 7 heteroatoms. The van der Waals surface area contributed by atoms with E-state index >= 15 is 0 Å². The average Bonchev–Trinajstić information content (AvgIpc) is 2.48. The van der Waals surface area contributed by atoms with Crippen molar-refractivity contribution in [3.05, 3.63) is 24.3 Å². The maximum atomic E-state index is 12.4. The Labute approximate surface area is 129 Å². The van der Waals surface area contributed by atoms with E-state index in [-0.39, 0.29) is 25.0 Å². The number of hydrogen-bond donors (Lipinski definition) is 2. The van der Waals surface area contributed by atoms with Crippen LogP contribution in [0.15, 0.2) is 18.6 Å². The summed E-state index contributed by atoms with van der Waals surface area (Å²) in [5.41, 5.74) is 0.102. The zero-order chi connectivity index (χ0) is 16.0. The molecule has 2 N–H and O–H groups in total. The van der Waals surface area contributed by atoms with Crippen LogP contribution in [0.2, 0.25) is 0 Å². The van der Waals surface area contributed by atoms with Crippen LogP contribution >= 0.6 is 0 Å². The molecule has 2 rings (SSSR count). The van der Waals surface area contributed by atoms with Crippen LogP contribution in [0, 0.1) is 0 Å². The van der Waals surface area contributed by atoms with Crippen LogP contribution in [0.3, 0.4) is 0 Å². The quantitative estimate of drug-likeness (QED) is 0.733. The van der Waals surface area contributed by atoms with Gasteiger partial charge in [-0.05, 0) is 25.7 Å². The number of likely N-dealkylation sites (tertiary alicyclic amines) is 1. The van der Waals surface area contributed by atoms with Gasteiger partial charge in [0, 0.05) is 38.6 Å². The summed E-state index contributed by atoms with van der Waals surface area (Å²) < 4.78 is 0. The minimum absolute atomic E-state index is 0.0927. The molecule has 0 spiro atoms. The summed E-state index contributed by atoms with van der Waals surface area (Å²) in [6, 6.07) is 0. The van der Waals surface area contributed by atoms with Crippen molar-refractivity contribution in [1.82, 2.24) is 20.2 Å². The largest absolute Gasteiger partial charge is 0.395 e. The first-order valence-corrected chi connectivity index (χ1v) is 7.52. The lowest BCUT2D eigenvalue weighted by Gasteiger charge is -2.51. The van der Waals surface area contributed by atoms with Crippen molar-refractivity contribution in [2.75, 3.05) is 19.7 Å². The van der Waals surface area contributed by atoms with E-state index in [1.165, 1.54) is 6.92 Å². The molecule has 0 bridgehead atoms. The molecule has 1 aliphatic rings. The van der Waals surface area contributed by atoms with Crippen molar-refractivity contribution in [3.8, 4) is 0 Å². The molecular formula is C15H22N4O3. The number of carbonyl (C=O) groups excluding carboxylic acids is 2. The Balaban J connectivity index is 1.99. The molecule has 1 aliphatic heterocycles. The summed E-state index contributed by atoms with van der Waals surface area (Å²) in [6.45, 7) is 2.18. The SMILES string of the molecule is CC(=O)N1CCC1(CCCc1cnccn1)C(=O)NCCO. The number of aryl methyl sites for hydroxylation is 1. The highest BCUT2D eigenvalue weighted by Gasteiger charge is 2.51. The van der Waals surface area contributed by atoms with Crippen molar-refractivity contribution >= 4 is 11.8 Å². The highest BCUT2D eigenvalue weighted by atomic mass is 16.3. The third kappa shape index (κ3) is 3.41. The Morgan fingerprint density at radius 1 is 1.45 bits per heavy atom. The Kier molecular flexibility index (Phi) is 5.43. The lowest BCUT2D eigenvalue weighted by Crippen LogP contribution is -2.68. The van der Waals surface area contributed by atoms with E-state index in [4.69, 9.17) is 5.11 Å². The lowest BCUT2D eigenvalue weighted by atomic mass is 9.78. The number of nitrogens with zero attached hydrogens (tertiary/aromatic N) is 3. The molecule has 1 unspecified atom stereocenters. The van der Waals surface area contributed by atoms with Crippen LogP contribution in [-0.2, 0) is 16.0 Å². The number of aromatic nitrogens is 2. The van der Waals surface area contributed by atoms with Crippen molar-refractivity contribution in [3.63, 3.8) is 0 Å². The first kappa shape index (κ1) is 16.4. The smallest absolute Gasteiger partial charge is 0.246 e. The van der Waals surface area contributed by atoms with Gasteiger partial charge in [0.2, 0.25) is 11.8 Å². The Hall–Kier alpha value is -2.02. The summed E-state index contributed by atoms with van der Waals surface area (Å²) in [5, 5.41) is 11.6. The van der Waals surface area contributed by atoms with Gasteiger partial charge in [-0.1, -0.05) is 0 Å². The summed E-state index contributed by atoms with van der Waals surface area (Å²) in [5.74, 6) is -0.271. The number of nitrogens with one attached hydrogen (secondary N) is 1. The van der Waals surface area contributed by atoms with Gasteiger partial charge in [-0.15, -0.1) is 0 Å². The average molecular weight is 306 g/mol. The Bertz CT molecular complexity index is 523. The fourth-order valence-electron chi connectivity index (χ4n) is 2.92. The number of amides is 2. The predicted molar refractivity (Wildman–Crippen MR) is 79.8 cm³/mol. The van der Waals surface area contributed by atoms with Crippen molar-refractivity contribution in [2.24, 2.45) is 0 Å². The summed E-state index contributed by atoms with van der Waals surface area (Å²) in [6.07, 6.45) is 7.68. The molecule has 0 saturated carbocycles. The number of aliphatic hydroxyl groups excluding tert-OH is 1. The van der Waals surface area contributed by atoms with Gasteiger partial charge in [0.25, 0.3) is 0 Å². The van der Waals surface area contributed by atoms with Crippen molar-refractivity contribution in [2.45, 2.75) is 38.1 Å². The molecule has 2 heterocycles. The molecule has 120 valence electrons. The van der Waals surface area contributed by atoms with Crippen LogP contribution in [0.25, 0.3) is 0 Å². The van der Waals surface area contributed by atoms with E-state index in [0.29, 0.717) is 25.8 Å². The number of rotatable bonds is 7. The number of carbonyl (C=O) groups is 2. The molecule has 1 atom stereocenters. The van der Waals surface area contributed by atoms with Gasteiger partial charge in [-0.25, -0.2) is 0 Å². The second-order valence-electron chi connectivity index (χ2n) is 5.48. The van der Waals surface area contributed by atoms with E-state index in [0.717, 1.165) is 12.1 Å². The van der Waals surface area contributed by atoms with E-state index in [1.54, 1.807) is 23.5 Å². The molecule has 1 aromatic heterocycles. The van der Waals surface area contributed by atoms with Gasteiger partial charge in [-0.2, -0.15) is 0 Å². The van der Waals surface area contributed by atoms with E-state index in [1.807, 2.05) is 0 Å². The van der Waals surface area contributed by atoms with Gasteiger partial charge in [0.05, 0.1) is 12.3 Å². The zero-order valence-electron chi connectivity index (χ0n) is 12.8. The molecule has 1 fully saturated rings. The van der Waals surface area contributed by atoms with E-state index in [2.05, 4.69) is 15.3 Å². The zero-order valence-corrected chi connectivity index (χ0v) is 12.8. The highest BCUT2D eigenvalue weighted by molar-refractivity contribution is 5.92. The minimum Gasteiger partial charge on any atom is -0.395 e. The van der Waals surface area contributed by atoms with E-state index < -0.39 is 5.54 Å². The van der Waals surface area contributed by atoms with Crippen molar-refractivity contribution < 1.29 is 14.7 Å². The first-order chi connectivity index (χ1) is 10.6. The van der Waals surface area contributed by atoms with Crippen LogP contribution in [0.4, 0.5) is 0 Å². The maximum Gasteiger partial charge on any atom is 0.246 e. The highest BCUT2D eigenvalue weighted by Crippen LogP contribution is 2.35.